The monoisotopic (exact) mass is 318 g/mol. The minimum absolute atomic E-state index is 0.143. The summed E-state index contributed by atoms with van der Waals surface area (Å²) in [5.74, 6) is 0.143. The van der Waals surface area contributed by atoms with Gasteiger partial charge in [0, 0.05) is 0 Å². The van der Waals surface area contributed by atoms with Crippen molar-refractivity contribution in [2.24, 2.45) is 0 Å². The predicted octanol–water partition coefficient (Wildman–Crippen LogP) is 6.15. The lowest BCUT2D eigenvalue weighted by atomic mass is 10.1. The summed E-state index contributed by atoms with van der Waals surface area (Å²) in [7, 11) is 0. The number of hydrogen-bond donors (Lipinski definition) is 0. The molecule has 0 aliphatic rings. The summed E-state index contributed by atoms with van der Waals surface area (Å²) in [6, 6.07) is 0. The van der Waals surface area contributed by atoms with Crippen molar-refractivity contribution in [1.29, 1.82) is 0 Å². The molecule has 2 nitrogen and oxygen atoms in total. The molecule has 0 bridgehead atoms. The minimum Gasteiger partial charge on any atom is -0.299 e. The van der Waals surface area contributed by atoms with Gasteiger partial charge in [0.05, 0.1) is 0 Å². The van der Waals surface area contributed by atoms with Crippen LogP contribution in [0, 0.1) is 0 Å². The maximum absolute atomic E-state index is 10.7. The lowest BCUT2D eigenvalue weighted by molar-refractivity contribution is -0.112. The minimum atomic E-state index is 0.143. The van der Waals surface area contributed by atoms with Crippen LogP contribution >= 0.6 is 0 Å². The summed E-state index contributed by atoms with van der Waals surface area (Å²) in [4.78, 5) is 20.7. The van der Waals surface area contributed by atoms with Crippen LogP contribution in [0.5, 0.6) is 0 Å². The average Bonchev–Trinajstić information content (AvgIpc) is 2.37. The van der Waals surface area contributed by atoms with Gasteiger partial charge >= 0.3 is 0 Å². The van der Waals surface area contributed by atoms with Gasteiger partial charge in [-0.2, -0.15) is 0 Å². The number of ketones is 1. The van der Waals surface area contributed by atoms with Crippen molar-refractivity contribution in [3.05, 3.63) is 46.6 Å². The fourth-order valence-corrected chi connectivity index (χ4v) is 1.80. The lowest BCUT2D eigenvalue weighted by Crippen LogP contribution is -1.85. The Hall–Kier alpha value is -1.70. The second-order valence-electron chi connectivity index (χ2n) is 6.39. The molecule has 0 fully saturated rings. The Bertz CT molecular complexity index is 466. The van der Waals surface area contributed by atoms with Crippen LogP contribution in [0.4, 0.5) is 0 Å². The highest BCUT2D eigenvalue weighted by molar-refractivity contribution is 5.87. The van der Waals surface area contributed by atoms with E-state index in [-0.39, 0.29) is 5.78 Å². The van der Waals surface area contributed by atoms with Gasteiger partial charge in [-0.25, -0.2) is 0 Å². The first-order chi connectivity index (χ1) is 10.7. The number of allylic oxidation sites excluding steroid dienone is 8. The smallest absolute Gasteiger partial charge is 0.152 e. The van der Waals surface area contributed by atoms with Gasteiger partial charge in [0.15, 0.2) is 5.78 Å². The molecule has 130 valence electrons. The molecule has 2 heteroatoms. The molecule has 0 spiro atoms. The molecule has 0 N–H and O–H groups in total. The van der Waals surface area contributed by atoms with Crippen molar-refractivity contribution in [3.8, 4) is 0 Å². The Morgan fingerprint density at radius 3 is 1.52 bits per heavy atom. The van der Waals surface area contributed by atoms with E-state index in [0.717, 1.165) is 37.5 Å². The first kappa shape index (κ1) is 23.6. The number of carbonyl (C=O) groups is 2. The molecule has 0 aromatic carbocycles. The van der Waals surface area contributed by atoms with Crippen LogP contribution in [0.2, 0.25) is 0 Å². The van der Waals surface area contributed by atoms with E-state index in [2.05, 4.69) is 39.8 Å². The van der Waals surface area contributed by atoms with Gasteiger partial charge in [-0.15, -0.1) is 0 Å². The van der Waals surface area contributed by atoms with Gasteiger partial charge in [0.2, 0.25) is 0 Å². The van der Waals surface area contributed by atoms with E-state index in [1.165, 1.54) is 16.7 Å². The van der Waals surface area contributed by atoms with Crippen LogP contribution in [0.3, 0.4) is 0 Å². The zero-order valence-corrected chi connectivity index (χ0v) is 16.0. The molecular formula is C21H34O2. The molecule has 0 aromatic rings. The van der Waals surface area contributed by atoms with Crippen molar-refractivity contribution in [3.63, 3.8) is 0 Å². The molecule has 0 heterocycles. The first-order valence-corrected chi connectivity index (χ1v) is 8.24. The van der Waals surface area contributed by atoms with E-state index in [0.29, 0.717) is 0 Å². The molecule has 0 aliphatic heterocycles. The van der Waals surface area contributed by atoms with Crippen LogP contribution in [0.25, 0.3) is 0 Å². The first-order valence-electron chi connectivity index (χ1n) is 8.24. The summed E-state index contributed by atoms with van der Waals surface area (Å²) < 4.78 is 0. The number of rotatable bonds is 8. The number of carbonyl (C=O) groups excluding carboxylic acids is 2. The van der Waals surface area contributed by atoms with Crippen molar-refractivity contribution in [2.75, 3.05) is 0 Å². The highest BCUT2D eigenvalue weighted by Crippen LogP contribution is 2.06. The van der Waals surface area contributed by atoms with E-state index in [9.17, 15) is 9.59 Å². The quantitative estimate of drug-likeness (QED) is 0.306. The topological polar surface area (TPSA) is 34.1 Å². The van der Waals surface area contributed by atoms with Crippen molar-refractivity contribution < 1.29 is 9.59 Å². The highest BCUT2D eigenvalue weighted by Gasteiger charge is 1.90. The van der Waals surface area contributed by atoms with E-state index in [1.54, 1.807) is 19.1 Å². The second kappa shape index (κ2) is 15.2. The number of aldehydes is 1. The SMILES string of the molecule is CC(=O)/C=C(\C)CCC=C(C)C.CC(C)=CCC/C(C)=C/C=O. The normalized spacial score (nSPS) is 11.1. The molecule has 0 aromatic heterocycles. The van der Waals surface area contributed by atoms with Gasteiger partial charge in [0.25, 0.3) is 0 Å². The number of hydrogen-bond acceptors (Lipinski definition) is 2. The largest absolute Gasteiger partial charge is 0.299 e. The van der Waals surface area contributed by atoms with E-state index in [1.807, 2.05) is 13.8 Å². The van der Waals surface area contributed by atoms with Gasteiger partial charge < -0.3 is 0 Å². The Morgan fingerprint density at radius 1 is 0.739 bits per heavy atom. The Morgan fingerprint density at radius 2 is 1.17 bits per heavy atom. The fourth-order valence-electron chi connectivity index (χ4n) is 1.80. The molecule has 0 atom stereocenters. The van der Waals surface area contributed by atoms with Gasteiger partial charge in [-0.3, -0.25) is 9.59 Å². The summed E-state index contributed by atoms with van der Waals surface area (Å²) >= 11 is 0. The summed E-state index contributed by atoms with van der Waals surface area (Å²) in [5.41, 5.74) is 4.99. The highest BCUT2D eigenvalue weighted by atomic mass is 16.1. The molecule has 0 radical (unpaired) electrons. The average molecular weight is 319 g/mol. The van der Waals surface area contributed by atoms with Crippen LogP contribution in [0.1, 0.15) is 74.1 Å². The third-order valence-corrected chi connectivity index (χ3v) is 2.98. The zero-order valence-electron chi connectivity index (χ0n) is 16.0. The zero-order chi connectivity index (χ0) is 18.3. The van der Waals surface area contributed by atoms with E-state index in [4.69, 9.17) is 0 Å². The molecule has 0 rings (SSSR count). The van der Waals surface area contributed by atoms with Crippen LogP contribution in [-0.2, 0) is 9.59 Å². The van der Waals surface area contributed by atoms with Crippen LogP contribution in [-0.4, -0.2) is 12.1 Å². The third-order valence-electron chi connectivity index (χ3n) is 2.98. The summed E-state index contributed by atoms with van der Waals surface area (Å²) in [6.45, 7) is 13.9. The molecule has 0 saturated carbocycles. The molecule has 0 saturated heterocycles. The van der Waals surface area contributed by atoms with E-state index >= 15 is 0 Å². The maximum atomic E-state index is 10.7. The van der Waals surface area contributed by atoms with Crippen molar-refractivity contribution in [2.45, 2.75) is 74.1 Å². The standard InChI is InChI=1S/C11H18O.C10H16O/c1-9(2)6-5-7-10(3)8-11(4)12;1-9(2)5-4-6-10(3)7-8-11/h6,8H,5,7H2,1-4H3;5,7-8H,4,6H2,1-3H3/b10-8+;10-7+. The van der Waals surface area contributed by atoms with Gasteiger partial charge in [0.1, 0.15) is 6.29 Å². The van der Waals surface area contributed by atoms with E-state index < -0.39 is 0 Å². The molecule has 0 unspecified atom stereocenters. The third kappa shape index (κ3) is 22.7. The molecular weight excluding hydrogens is 284 g/mol. The fraction of sp³-hybridized carbons (Fsp3) is 0.524. The second-order valence-corrected chi connectivity index (χ2v) is 6.39. The Balaban J connectivity index is 0. The summed E-state index contributed by atoms with van der Waals surface area (Å²) in [6.07, 6.45) is 12.6. The van der Waals surface area contributed by atoms with Gasteiger partial charge in [-0.05, 0) is 86.3 Å². The summed E-state index contributed by atoms with van der Waals surface area (Å²) in [5, 5.41) is 0. The van der Waals surface area contributed by atoms with Gasteiger partial charge in [-0.1, -0.05) is 34.4 Å². The molecule has 0 aliphatic carbocycles. The maximum Gasteiger partial charge on any atom is 0.152 e. The van der Waals surface area contributed by atoms with Crippen LogP contribution < -0.4 is 0 Å². The van der Waals surface area contributed by atoms with Crippen molar-refractivity contribution >= 4 is 12.1 Å². The van der Waals surface area contributed by atoms with Crippen molar-refractivity contribution in [1.82, 2.24) is 0 Å². The van der Waals surface area contributed by atoms with Crippen LogP contribution in [0.15, 0.2) is 46.6 Å². The predicted molar refractivity (Wildman–Crippen MR) is 102 cm³/mol. The molecule has 0 amide bonds. The molecule has 23 heavy (non-hydrogen) atoms. The Labute approximate surface area is 143 Å². The Kier molecular flexibility index (Phi) is 15.6. The lowest BCUT2D eigenvalue weighted by Gasteiger charge is -1.96.